The molecule has 0 aliphatic carbocycles. The number of nitrogens with zero attached hydrogens (tertiary/aromatic N) is 1. The fourth-order valence-corrected chi connectivity index (χ4v) is 2.27. The number of fused-ring (bicyclic) bond motifs is 1. The van der Waals surface area contributed by atoms with Crippen LogP contribution in [0.5, 0.6) is 0 Å². The first-order valence-corrected chi connectivity index (χ1v) is 6.59. The van der Waals surface area contributed by atoms with Gasteiger partial charge in [-0.2, -0.15) is 0 Å². The van der Waals surface area contributed by atoms with Crippen molar-refractivity contribution in [2.45, 2.75) is 0 Å². The molecule has 5 heteroatoms. The van der Waals surface area contributed by atoms with Crippen molar-refractivity contribution in [1.82, 2.24) is 9.97 Å². The molecule has 19 heavy (non-hydrogen) atoms. The molecule has 1 heterocycles. The van der Waals surface area contributed by atoms with Crippen LogP contribution in [0.15, 0.2) is 40.9 Å². The first kappa shape index (κ1) is 12.2. The van der Waals surface area contributed by atoms with Crippen molar-refractivity contribution in [2.75, 3.05) is 12.4 Å². The molecule has 0 spiro atoms. The zero-order valence-electron chi connectivity index (χ0n) is 10.2. The third kappa shape index (κ3) is 2.21. The summed E-state index contributed by atoms with van der Waals surface area (Å²) < 4.78 is 13.9. The van der Waals surface area contributed by atoms with Gasteiger partial charge in [0.25, 0.3) is 0 Å². The van der Waals surface area contributed by atoms with Crippen LogP contribution in [0, 0.1) is 5.82 Å². The second kappa shape index (κ2) is 4.66. The highest BCUT2D eigenvalue weighted by Gasteiger charge is 2.08. The number of benzene rings is 2. The summed E-state index contributed by atoms with van der Waals surface area (Å²) in [5.74, 6) is 0.434. The Balaban J connectivity index is 2.09. The SMILES string of the molecule is CNc1ccc(-c2nc3cc(Br)c(F)cc3[nH]2)cc1. The van der Waals surface area contributed by atoms with Gasteiger partial charge in [-0.3, -0.25) is 0 Å². The number of aromatic amines is 1. The Morgan fingerprint density at radius 3 is 2.63 bits per heavy atom. The second-order valence-electron chi connectivity index (χ2n) is 4.20. The molecule has 0 amide bonds. The maximum atomic E-state index is 13.5. The Morgan fingerprint density at radius 1 is 1.21 bits per heavy atom. The number of rotatable bonds is 2. The summed E-state index contributed by atoms with van der Waals surface area (Å²) >= 11 is 3.16. The number of H-pyrrole nitrogens is 1. The third-order valence-electron chi connectivity index (χ3n) is 2.97. The number of hydrogen-bond donors (Lipinski definition) is 2. The van der Waals surface area contributed by atoms with Crippen LogP contribution >= 0.6 is 15.9 Å². The van der Waals surface area contributed by atoms with Crippen LogP contribution in [-0.4, -0.2) is 17.0 Å². The van der Waals surface area contributed by atoms with E-state index in [1.54, 1.807) is 6.07 Å². The van der Waals surface area contributed by atoms with Gasteiger partial charge in [0.15, 0.2) is 0 Å². The molecule has 0 unspecified atom stereocenters. The summed E-state index contributed by atoms with van der Waals surface area (Å²) in [4.78, 5) is 7.59. The van der Waals surface area contributed by atoms with Crippen LogP contribution in [0.4, 0.5) is 10.1 Å². The summed E-state index contributed by atoms with van der Waals surface area (Å²) in [6.45, 7) is 0. The van der Waals surface area contributed by atoms with Gasteiger partial charge in [0.05, 0.1) is 15.5 Å². The summed E-state index contributed by atoms with van der Waals surface area (Å²) in [6, 6.07) is 11.0. The van der Waals surface area contributed by atoms with Gasteiger partial charge in [0.2, 0.25) is 0 Å². The van der Waals surface area contributed by atoms with Crippen LogP contribution in [0.1, 0.15) is 0 Å². The third-order valence-corrected chi connectivity index (χ3v) is 3.58. The van der Waals surface area contributed by atoms with Crippen LogP contribution in [-0.2, 0) is 0 Å². The van der Waals surface area contributed by atoms with Crippen molar-refractivity contribution in [1.29, 1.82) is 0 Å². The fraction of sp³-hybridized carbons (Fsp3) is 0.0714. The van der Waals surface area contributed by atoms with Crippen molar-refractivity contribution in [3.63, 3.8) is 0 Å². The molecule has 3 rings (SSSR count). The first-order chi connectivity index (χ1) is 9.17. The average molecular weight is 320 g/mol. The minimum Gasteiger partial charge on any atom is -0.388 e. The predicted molar refractivity (Wildman–Crippen MR) is 78.7 cm³/mol. The molecule has 96 valence electrons. The molecule has 2 N–H and O–H groups in total. The van der Waals surface area contributed by atoms with Gasteiger partial charge >= 0.3 is 0 Å². The normalized spacial score (nSPS) is 10.9. The maximum absolute atomic E-state index is 13.5. The first-order valence-electron chi connectivity index (χ1n) is 5.80. The van der Waals surface area contributed by atoms with Crippen molar-refractivity contribution < 1.29 is 4.39 Å². The van der Waals surface area contributed by atoms with E-state index in [4.69, 9.17) is 0 Å². The minimum atomic E-state index is -0.298. The summed E-state index contributed by atoms with van der Waals surface area (Å²) in [5, 5.41) is 3.06. The quantitative estimate of drug-likeness (QED) is 0.744. The van der Waals surface area contributed by atoms with E-state index in [0.717, 1.165) is 22.6 Å². The number of imidazole rings is 1. The summed E-state index contributed by atoms with van der Waals surface area (Å²) in [5.41, 5.74) is 3.43. The van der Waals surface area contributed by atoms with E-state index in [0.29, 0.717) is 9.99 Å². The molecule has 0 bridgehead atoms. The van der Waals surface area contributed by atoms with Gasteiger partial charge < -0.3 is 10.3 Å². The van der Waals surface area contributed by atoms with Crippen LogP contribution < -0.4 is 5.32 Å². The highest BCUT2D eigenvalue weighted by atomic mass is 79.9. The number of hydrogen-bond acceptors (Lipinski definition) is 2. The van der Waals surface area contributed by atoms with Crippen molar-refractivity contribution in [3.05, 3.63) is 46.7 Å². The lowest BCUT2D eigenvalue weighted by Gasteiger charge is -2.00. The Bertz CT molecular complexity index is 695. The van der Waals surface area contributed by atoms with Gasteiger partial charge in [-0.15, -0.1) is 0 Å². The highest BCUT2D eigenvalue weighted by Crippen LogP contribution is 2.25. The van der Waals surface area contributed by atoms with Crippen LogP contribution in [0.25, 0.3) is 22.4 Å². The van der Waals surface area contributed by atoms with E-state index in [1.165, 1.54) is 6.07 Å². The summed E-state index contributed by atoms with van der Waals surface area (Å²) in [7, 11) is 1.87. The zero-order chi connectivity index (χ0) is 13.4. The molecule has 1 aromatic heterocycles. The lowest BCUT2D eigenvalue weighted by Crippen LogP contribution is -1.87. The maximum Gasteiger partial charge on any atom is 0.139 e. The van der Waals surface area contributed by atoms with Gasteiger partial charge in [0, 0.05) is 24.4 Å². The molecule has 3 nitrogen and oxygen atoms in total. The molecular formula is C14H11BrFN3. The largest absolute Gasteiger partial charge is 0.388 e. The van der Waals surface area contributed by atoms with Gasteiger partial charge in [-0.25, -0.2) is 9.37 Å². The summed E-state index contributed by atoms with van der Waals surface area (Å²) in [6.07, 6.45) is 0. The minimum absolute atomic E-state index is 0.298. The van der Waals surface area contributed by atoms with E-state index in [2.05, 4.69) is 31.2 Å². The lowest BCUT2D eigenvalue weighted by molar-refractivity contribution is 0.623. The smallest absolute Gasteiger partial charge is 0.139 e. The number of anilines is 1. The van der Waals surface area contributed by atoms with Gasteiger partial charge in [-0.05, 0) is 46.3 Å². The van der Waals surface area contributed by atoms with E-state index < -0.39 is 0 Å². The molecule has 0 radical (unpaired) electrons. The van der Waals surface area contributed by atoms with Crippen LogP contribution in [0.2, 0.25) is 0 Å². The molecular weight excluding hydrogens is 309 g/mol. The molecule has 2 aromatic carbocycles. The van der Waals surface area contributed by atoms with Crippen molar-refractivity contribution in [3.8, 4) is 11.4 Å². The van der Waals surface area contributed by atoms with Crippen LogP contribution in [0.3, 0.4) is 0 Å². The van der Waals surface area contributed by atoms with E-state index in [9.17, 15) is 4.39 Å². The molecule has 0 fully saturated rings. The Kier molecular flexibility index (Phi) is 2.98. The van der Waals surface area contributed by atoms with Crippen molar-refractivity contribution in [2.24, 2.45) is 0 Å². The highest BCUT2D eigenvalue weighted by molar-refractivity contribution is 9.10. The zero-order valence-corrected chi connectivity index (χ0v) is 11.8. The van der Waals surface area contributed by atoms with Gasteiger partial charge in [0.1, 0.15) is 11.6 Å². The fourth-order valence-electron chi connectivity index (χ4n) is 1.94. The number of halogens is 2. The average Bonchev–Trinajstić information content (AvgIpc) is 2.82. The van der Waals surface area contributed by atoms with E-state index >= 15 is 0 Å². The molecule has 0 atom stereocenters. The molecule has 0 aliphatic rings. The van der Waals surface area contributed by atoms with Gasteiger partial charge in [-0.1, -0.05) is 0 Å². The number of aromatic nitrogens is 2. The molecule has 3 aromatic rings. The lowest BCUT2D eigenvalue weighted by atomic mass is 10.2. The number of nitrogens with one attached hydrogen (secondary N) is 2. The van der Waals surface area contributed by atoms with Crippen molar-refractivity contribution >= 4 is 32.7 Å². The second-order valence-corrected chi connectivity index (χ2v) is 5.05. The molecule has 0 aliphatic heterocycles. The molecule has 0 saturated carbocycles. The van der Waals surface area contributed by atoms with E-state index in [1.807, 2.05) is 31.3 Å². The monoisotopic (exact) mass is 319 g/mol. The molecule has 0 saturated heterocycles. The standard InChI is InChI=1S/C14H11BrFN3/c1-17-9-4-2-8(3-5-9)14-18-12-6-10(15)11(16)7-13(12)19-14/h2-7,17H,1H3,(H,18,19). The Labute approximate surface area is 118 Å². The van der Waals surface area contributed by atoms with E-state index in [-0.39, 0.29) is 5.82 Å². The Morgan fingerprint density at radius 2 is 1.95 bits per heavy atom. The predicted octanol–water partition coefficient (Wildman–Crippen LogP) is 4.17. The topological polar surface area (TPSA) is 40.7 Å². The Hall–Kier alpha value is -1.88.